The van der Waals surface area contributed by atoms with Gasteiger partial charge < -0.3 is 15.0 Å². The van der Waals surface area contributed by atoms with E-state index in [9.17, 15) is 4.79 Å². The highest BCUT2D eigenvalue weighted by molar-refractivity contribution is 5.93. The zero-order valence-electron chi connectivity index (χ0n) is 16.3. The van der Waals surface area contributed by atoms with Gasteiger partial charge in [-0.25, -0.2) is 9.97 Å². The van der Waals surface area contributed by atoms with Crippen LogP contribution in [0.1, 0.15) is 48.6 Å². The Morgan fingerprint density at radius 1 is 1.30 bits per heavy atom. The van der Waals surface area contributed by atoms with E-state index in [1.807, 2.05) is 56.0 Å². The molecule has 1 aliphatic rings. The van der Waals surface area contributed by atoms with Gasteiger partial charge in [-0.1, -0.05) is 30.3 Å². The molecule has 0 saturated carbocycles. The van der Waals surface area contributed by atoms with Crippen LogP contribution in [0, 0.1) is 6.92 Å². The smallest absolute Gasteiger partial charge is 0.273 e. The second-order valence-corrected chi connectivity index (χ2v) is 7.21. The third-order valence-electron chi connectivity index (χ3n) is 4.67. The van der Waals surface area contributed by atoms with E-state index in [1.165, 1.54) is 0 Å². The minimum atomic E-state index is -0.0838. The van der Waals surface area contributed by atoms with Crippen molar-refractivity contribution >= 4 is 11.7 Å². The Hall–Kier alpha value is -2.47. The van der Waals surface area contributed by atoms with E-state index in [0.717, 1.165) is 25.0 Å². The number of amides is 1. The van der Waals surface area contributed by atoms with Gasteiger partial charge in [0.2, 0.25) is 0 Å². The summed E-state index contributed by atoms with van der Waals surface area (Å²) in [4.78, 5) is 23.8. The van der Waals surface area contributed by atoms with Gasteiger partial charge in [-0.05, 0) is 39.2 Å². The van der Waals surface area contributed by atoms with Crippen LogP contribution >= 0.6 is 0 Å². The summed E-state index contributed by atoms with van der Waals surface area (Å²) in [6.07, 6.45) is 2.37. The summed E-state index contributed by atoms with van der Waals surface area (Å²) in [7, 11) is 0. The molecule has 144 valence electrons. The molecule has 6 nitrogen and oxygen atoms in total. The summed E-state index contributed by atoms with van der Waals surface area (Å²) in [5, 5.41) is 3.29. The zero-order valence-corrected chi connectivity index (χ0v) is 16.3. The quantitative estimate of drug-likeness (QED) is 0.811. The van der Waals surface area contributed by atoms with Crippen molar-refractivity contribution in [3.8, 4) is 0 Å². The van der Waals surface area contributed by atoms with Crippen molar-refractivity contribution in [3.63, 3.8) is 0 Å². The maximum Gasteiger partial charge on any atom is 0.273 e. The Morgan fingerprint density at radius 3 is 2.74 bits per heavy atom. The van der Waals surface area contributed by atoms with Crippen molar-refractivity contribution in [1.82, 2.24) is 14.9 Å². The SMILES string of the molecule is Cc1nc(NCC2CCCO2)cc(C(=O)N(Cc2ccccc2)C(C)C)n1. The summed E-state index contributed by atoms with van der Waals surface area (Å²) in [5.41, 5.74) is 1.52. The van der Waals surface area contributed by atoms with Crippen LogP contribution in [0.4, 0.5) is 5.82 Å². The molecular formula is C21H28N4O2. The molecule has 1 aromatic carbocycles. The van der Waals surface area contributed by atoms with E-state index in [4.69, 9.17) is 4.74 Å². The Morgan fingerprint density at radius 2 is 2.07 bits per heavy atom. The number of aryl methyl sites for hydroxylation is 1. The number of nitrogens with zero attached hydrogens (tertiary/aromatic N) is 3. The number of anilines is 1. The third-order valence-corrected chi connectivity index (χ3v) is 4.67. The van der Waals surface area contributed by atoms with Gasteiger partial charge in [0.05, 0.1) is 6.10 Å². The van der Waals surface area contributed by atoms with Crippen molar-refractivity contribution in [2.45, 2.75) is 52.3 Å². The highest BCUT2D eigenvalue weighted by atomic mass is 16.5. The number of nitrogens with one attached hydrogen (secondary N) is 1. The number of ether oxygens (including phenoxy) is 1. The molecule has 0 aliphatic carbocycles. The van der Waals surface area contributed by atoms with Crippen LogP contribution in [0.25, 0.3) is 0 Å². The second-order valence-electron chi connectivity index (χ2n) is 7.21. The molecule has 3 rings (SSSR count). The van der Waals surface area contributed by atoms with Crippen LogP contribution in [-0.2, 0) is 11.3 Å². The summed E-state index contributed by atoms with van der Waals surface area (Å²) in [5.74, 6) is 1.17. The van der Waals surface area contributed by atoms with Gasteiger partial charge in [-0.3, -0.25) is 4.79 Å². The summed E-state index contributed by atoms with van der Waals surface area (Å²) in [6.45, 7) is 7.92. The van der Waals surface area contributed by atoms with E-state index in [2.05, 4.69) is 15.3 Å². The monoisotopic (exact) mass is 368 g/mol. The fourth-order valence-corrected chi connectivity index (χ4v) is 3.21. The van der Waals surface area contributed by atoms with Crippen LogP contribution < -0.4 is 5.32 Å². The first-order valence-electron chi connectivity index (χ1n) is 9.59. The molecular weight excluding hydrogens is 340 g/mol. The number of hydrogen-bond acceptors (Lipinski definition) is 5. The van der Waals surface area contributed by atoms with Gasteiger partial charge in [-0.2, -0.15) is 0 Å². The predicted octanol–water partition coefficient (Wildman–Crippen LogP) is 3.43. The summed E-state index contributed by atoms with van der Waals surface area (Å²) >= 11 is 0. The second kappa shape index (κ2) is 8.95. The topological polar surface area (TPSA) is 67.4 Å². The number of benzene rings is 1. The van der Waals surface area contributed by atoms with Gasteiger partial charge in [-0.15, -0.1) is 0 Å². The minimum absolute atomic E-state index is 0.0660. The number of aromatic nitrogens is 2. The van der Waals surface area contributed by atoms with Crippen molar-refractivity contribution in [1.29, 1.82) is 0 Å². The van der Waals surface area contributed by atoms with Crippen molar-refractivity contribution < 1.29 is 9.53 Å². The van der Waals surface area contributed by atoms with E-state index in [-0.39, 0.29) is 18.1 Å². The molecule has 2 heterocycles. The molecule has 1 aliphatic heterocycles. The van der Waals surface area contributed by atoms with Crippen LogP contribution in [-0.4, -0.2) is 46.1 Å². The minimum Gasteiger partial charge on any atom is -0.376 e. The molecule has 1 fully saturated rings. The number of carbonyl (C=O) groups excluding carboxylic acids is 1. The number of rotatable bonds is 7. The van der Waals surface area contributed by atoms with Crippen LogP contribution in [0.5, 0.6) is 0 Å². The fourth-order valence-electron chi connectivity index (χ4n) is 3.21. The van der Waals surface area contributed by atoms with Crippen LogP contribution in [0.3, 0.4) is 0 Å². The van der Waals surface area contributed by atoms with E-state index in [1.54, 1.807) is 6.07 Å². The first-order chi connectivity index (χ1) is 13.0. The highest BCUT2D eigenvalue weighted by Gasteiger charge is 2.22. The Balaban J connectivity index is 1.74. The lowest BCUT2D eigenvalue weighted by molar-refractivity contribution is 0.0684. The normalized spacial score (nSPS) is 16.5. The molecule has 0 bridgehead atoms. The molecule has 0 radical (unpaired) electrons. The average Bonchev–Trinajstić information content (AvgIpc) is 3.18. The van der Waals surface area contributed by atoms with Gasteiger partial charge in [0.25, 0.3) is 5.91 Å². The predicted molar refractivity (Wildman–Crippen MR) is 106 cm³/mol. The molecule has 0 spiro atoms. The molecule has 27 heavy (non-hydrogen) atoms. The van der Waals surface area contributed by atoms with Gasteiger partial charge >= 0.3 is 0 Å². The number of carbonyl (C=O) groups is 1. The lowest BCUT2D eigenvalue weighted by atomic mass is 10.1. The van der Waals surface area contributed by atoms with Crippen LogP contribution in [0.15, 0.2) is 36.4 Å². The molecule has 1 atom stereocenters. The average molecular weight is 368 g/mol. The maximum absolute atomic E-state index is 13.1. The first-order valence-corrected chi connectivity index (χ1v) is 9.59. The van der Waals surface area contributed by atoms with E-state index >= 15 is 0 Å². The van der Waals surface area contributed by atoms with Gasteiger partial charge in [0.15, 0.2) is 0 Å². The van der Waals surface area contributed by atoms with Crippen LogP contribution in [0.2, 0.25) is 0 Å². The molecule has 2 aromatic rings. The molecule has 6 heteroatoms. The summed E-state index contributed by atoms with van der Waals surface area (Å²) < 4.78 is 5.64. The van der Waals surface area contributed by atoms with Gasteiger partial charge in [0, 0.05) is 31.8 Å². The first kappa shape index (κ1) is 19.3. The largest absolute Gasteiger partial charge is 0.376 e. The van der Waals surface area contributed by atoms with Crippen molar-refractivity contribution in [2.75, 3.05) is 18.5 Å². The maximum atomic E-state index is 13.1. The highest BCUT2D eigenvalue weighted by Crippen LogP contribution is 2.16. The molecule has 1 N–H and O–H groups in total. The number of hydrogen-bond donors (Lipinski definition) is 1. The van der Waals surface area contributed by atoms with Crippen molar-refractivity contribution in [3.05, 3.63) is 53.5 Å². The lowest BCUT2D eigenvalue weighted by Crippen LogP contribution is -2.37. The Bertz CT molecular complexity index is 758. The molecule has 1 aromatic heterocycles. The molecule has 1 unspecified atom stereocenters. The summed E-state index contributed by atoms with van der Waals surface area (Å²) in [6, 6.07) is 11.8. The van der Waals surface area contributed by atoms with E-state index < -0.39 is 0 Å². The Kier molecular flexibility index (Phi) is 6.40. The van der Waals surface area contributed by atoms with E-state index in [0.29, 0.717) is 30.4 Å². The Labute approximate surface area is 161 Å². The zero-order chi connectivity index (χ0) is 19.2. The standard InChI is InChI=1S/C21H28N4O2/c1-15(2)25(14-17-8-5-4-6-9-17)21(26)19-12-20(24-16(3)23-19)22-13-18-10-7-11-27-18/h4-6,8-9,12,15,18H,7,10-11,13-14H2,1-3H3,(H,22,23,24). The lowest BCUT2D eigenvalue weighted by Gasteiger charge is -2.27. The third kappa shape index (κ3) is 5.26. The van der Waals surface area contributed by atoms with Crippen molar-refractivity contribution in [2.24, 2.45) is 0 Å². The van der Waals surface area contributed by atoms with Gasteiger partial charge in [0.1, 0.15) is 17.3 Å². The molecule has 1 saturated heterocycles. The molecule has 1 amide bonds. The fraction of sp³-hybridized carbons (Fsp3) is 0.476.